The monoisotopic (exact) mass is 392 g/mol. The smallest absolute Gasteiger partial charge is 0.347 e. The number of alkyl halides is 3. The molecule has 0 radical (unpaired) electrons. The van der Waals surface area contributed by atoms with Crippen LogP contribution >= 0.6 is 11.6 Å². The van der Waals surface area contributed by atoms with Crippen LogP contribution in [0, 0.1) is 0 Å². The first-order valence-electron chi connectivity index (χ1n) is 7.95. The molecular formula is C16H16ClF3N2O4. The molecule has 0 aromatic heterocycles. The standard InChI is InChI=1S/C16H16ClF3N2O4/c17-10-1-2-12(11(9-10)16(18,19)20)21-13(23)14(24)22-5-3-15(4-6-22)25-7-8-26-15/h1-2,9H,3-8H2,(H,21,23). The van der Waals surface area contributed by atoms with Crippen LogP contribution in [0.25, 0.3) is 0 Å². The van der Waals surface area contributed by atoms with Crippen molar-refractivity contribution in [1.82, 2.24) is 4.90 Å². The van der Waals surface area contributed by atoms with Crippen molar-refractivity contribution in [2.45, 2.75) is 24.8 Å². The molecular weight excluding hydrogens is 377 g/mol. The van der Waals surface area contributed by atoms with Gasteiger partial charge in [0.25, 0.3) is 0 Å². The predicted molar refractivity (Wildman–Crippen MR) is 85.5 cm³/mol. The van der Waals surface area contributed by atoms with E-state index >= 15 is 0 Å². The van der Waals surface area contributed by atoms with Crippen molar-refractivity contribution in [3.8, 4) is 0 Å². The maximum atomic E-state index is 13.1. The molecule has 6 nitrogen and oxygen atoms in total. The van der Waals surface area contributed by atoms with Gasteiger partial charge in [-0.25, -0.2) is 0 Å². The second-order valence-electron chi connectivity index (χ2n) is 6.04. The van der Waals surface area contributed by atoms with Crippen LogP contribution in [0.1, 0.15) is 18.4 Å². The summed E-state index contributed by atoms with van der Waals surface area (Å²) in [6.45, 7) is 1.40. The van der Waals surface area contributed by atoms with E-state index in [4.69, 9.17) is 21.1 Å². The van der Waals surface area contributed by atoms with Gasteiger partial charge in [0.05, 0.1) is 24.5 Å². The van der Waals surface area contributed by atoms with E-state index in [-0.39, 0.29) is 18.1 Å². The zero-order chi connectivity index (χ0) is 18.9. The Kier molecular flexibility index (Phi) is 5.14. The lowest BCUT2D eigenvalue weighted by Crippen LogP contribution is -2.50. The number of hydrogen-bond acceptors (Lipinski definition) is 4. The van der Waals surface area contributed by atoms with Gasteiger partial charge in [0.2, 0.25) is 0 Å². The number of ether oxygens (including phenoxy) is 2. The molecule has 2 saturated heterocycles. The zero-order valence-electron chi connectivity index (χ0n) is 13.6. The number of carbonyl (C=O) groups is 2. The number of piperidine rings is 1. The summed E-state index contributed by atoms with van der Waals surface area (Å²) < 4.78 is 50.3. The highest BCUT2D eigenvalue weighted by Crippen LogP contribution is 2.36. The van der Waals surface area contributed by atoms with Crippen molar-refractivity contribution >= 4 is 29.1 Å². The summed E-state index contributed by atoms with van der Waals surface area (Å²) >= 11 is 5.59. The molecule has 2 amide bonds. The summed E-state index contributed by atoms with van der Waals surface area (Å²) in [5.74, 6) is -2.75. The van der Waals surface area contributed by atoms with E-state index in [0.29, 0.717) is 32.1 Å². The first kappa shape index (κ1) is 18.9. The molecule has 10 heteroatoms. The first-order valence-corrected chi connectivity index (χ1v) is 8.33. The van der Waals surface area contributed by atoms with Crippen molar-refractivity contribution in [3.05, 3.63) is 28.8 Å². The molecule has 2 heterocycles. The number of likely N-dealkylation sites (tertiary alicyclic amines) is 1. The third-order valence-corrected chi connectivity index (χ3v) is 4.59. The molecule has 0 bridgehead atoms. The second-order valence-corrected chi connectivity index (χ2v) is 6.48. The molecule has 0 saturated carbocycles. The Morgan fingerprint density at radius 3 is 2.35 bits per heavy atom. The largest absolute Gasteiger partial charge is 0.418 e. The van der Waals surface area contributed by atoms with Crippen LogP contribution in [0.5, 0.6) is 0 Å². The number of carbonyl (C=O) groups excluding carboxylic acids is 2. The summed E-state index contributed by atoms with van der Waals surface area (Å²) in [4.78, 5) is 25.7. The van der Waals surface area contributed by atoms with Crippen LogP contribution in [0.15, 0.2) is 18.2 Å². The van der Waals surface area contributed by atoms with Crippen LogP contribution in [-0.2, 0) is 25.2 Å². The lowest BCUT2D eigenvalue weighted by molar-refractivity contribution is -0.187. The van der Waals surface area contributed by atoms with Crippen LogP contribution < -0.4 is 5.32 Å². The fourth-order valence-corrected chi connectivity index (χ4v) is 3.19. The summed E-state index contributed by atoms with van der Waals surface area (Å²) in [7, 11) is 0. The Morgan fingerprint density at radius 1 is 1.15 bits per heavy atom. The lowest BCUT2D eigenvalue weighted by atomic mass is 10.0. The average Bonchev–Trinajstić information content (AvgIpc) is 3.03. The van der Waals surface area contributed by atoms with Gasteiger partial charge in [0.1, 0.15) is 0 Å². The van der Waals surface area contributed by atoms with Crippen LogP contribution in [0.2, 0.25) is 5.02 Å². The fourth-order valence-electron chi connectivity index (χ4n) is 3.02. The van der Waals surface area contributed by atoms with Gasteiger partial charge in [-0.15, -0.1) is 0 Å². The van der Waals surface area contributed by atoms with E-state index in [1.54, 1.807) is 0 Å². The topological polar surface area (TPSA) is 67.9 Å². The molecule has 142 valence electrons. The van der Waals surface area contributed by atoms with Gasteiger partial charge >= 0.3 is 18.0 Å². The lowest BCUT2D eigenvalue weighted by Gasteiger charge is -2.37. The van der Waals surface area contributed by atoms with Gasteiger partial charge in [0.15, 0.2) is 5.79 Å². The van der Waals surface area contributed by atoms with E-state index < -0.39 is 35.0 Å². The van der Waals surface area contributed by atoms with Gasteiger partial charge in [-0.05, 0) is 18.2 Å². The van der Waals surface area contributed by atoms with Gasteiger partial charge in [0, 0.05) is 31.0 Å². The van der Waals surface area contributed by atoms with E-state index in [9.17, 15) is 22.8 Å². The third-order valence-electron chi connectivity index (χ3n) is 4.36. The van der Waals surface area contributed by atoms with E-state index in [1.165, 1.54) is 11.0 Å². The molecule has 0 atom stereocenters. The minimum Gasteiger partial charge on any atom is -0.347 e. The number of anilines is 1. The quantitative estimate of drug-likeness (QED) is 0.746. The van der Waals surface area contributed by atoms with E-state index in [2.05, 4.69) is 0 Å². The molecule has 0 aliphatic carbocycles. The Bertz CT molecular complexity index is 710. The summed E-state index contributed by atoms with van der Waals surface area (Å²) in [6.07, 6.45) is -3.91. The van der Waals surface area contributed by atoms with Gasteiger partial charge in [-0.2, -0.15) is 13.2 Å². The normalized spacial score (nSPS) is 19.6. The minimum absolute atomic E-state index is 0.125. The van der Waals surface area contributed by atoms with Crippen LogP contribution in [-0.4, -0.2) is 48.8 Å². The molecule has 1 aromatic carbocycles. The third kappa shape index (κ3) is 3.94. The number of hydrogen-bond donors (Lipinski definition) is 1. The summed E-state index contributed by atoms with van der Waals surface area (Å²) in [5.41, 5.74) is -1.63. The number of nitrogens with zero attached hydrogens (tertiary/aromatic N) is 1. The Labute approximate surface area is 152 Å². The maximum Gasteiger partial charge on any atom is 0.418 e. The highest BCUT2D eigenvalue weighted by molar-refractivity contribution is 6.39. The van der Waals surface area contributed by atoms with Crippen molar-refractivity contribution < 1.29 is 32.2 Å². The summed E-state index contributed by atoms with van der Waals surface area (Å²) in [5, 5.41) is 1.91. The van der Waals surface area contributed by atoms with Gasteiger partial charge in [-0.3, -0.25) is 9.59 Å². The first-order chi connectivity index (χ1) is 12.2. The molecule has 0 unspecified atom stereocenters. The van der Waals surface area contributed by atoms with E-state index in [0.717, 1.165) is 6.07 Å². The molecule has 1 aromatic rings. The number of rotatable bonds is 1. The molecule has 3 rings (SSSR count). The van der Waals surface area contributed by atoms with Crippen molar-refractivity contribution in [2.75, 3.05) is 31.6 Å². The van der Waals surface area contributed by atoms with Crippen molar-refractivity contribution in [1.29, 1.82) is 0 Å². The highest BCUT2D eigenvalue weighted by atomic mass is 35.5. The zero-order valence-corrected chi connectivity index (χ0v) is 14.3. The molecule has 26 heavy (non-hydrogen) atoms. The summed E-state index contributed by atoms with van der Waals surface area (Å²) in [6, 6.07) is 2.92. The van der Waals surface area contributed by atoms with Gasteiger partial charge in [-0.1, -0.05) is 11.6 Å². The molecule has 1 N–H and O–H groups in total. The minimum atomic E-state index is -4.72. The number of benzene rings is 1. The number of halogens is 4. The molecule has 1 spiro atoms. The number of amides is 2. The highest BCUT2D eigenvalue weighted by Gasteiger charge is 2.42. The van der Waals surface area contributed by atoms with E-state index in [1.807, 2.05) is 5.32 Å². The fraction of sp³-hybridized carbons (Fsp3) is 0.500. The number of nitrogens with one attached hydrogen (secondary N) is 1. The predicted octanol–water partition coefficient (Wildman–Crippen LogP) is 2.66. The van der Waals surface area contributed by atoms with Gasteiger partial charge < -0.3 is 19.7 Å². The Morgan fingerprint density at radius 2 is 1.77 bits per heavy atom. The van der Waals surface area contributed by atoms with Crippen LogP contribution in [0.3, 0.4) is 0 Å². The van der Waals surface area contributed by atoms with Crippen molar-refractivity contribution in [2.24, 2.45) is 0 Å². The molecule has 2 aliphatic rings. The Hall–Kier alpha value is -1.84. The maximum absolute atomic E-state index is 13.1. The Balaban J connectivity index is 1.66. The molecule has 2 fully saturated rings. The SMILES string of the molecule is O=C(Nc1ccc(Cl)cc1C(F)(F)F)C(=O)N1CCC2(CC1)OCCO2. The molecule has 2 aliphatic heterocycles. The van der Waals surface area contributed by atoms with Crippen molar-refractivity contribution in [3.63, 3.8) is 0 Å². The average molecular weight is 393 g/mol. The second kappa shape index (κ2) is 7.05. The van der Waals surface area contributed by atoms with Crippen LogP contribution in [0.4, 0.5) is 18.9 Å².